The molecule has 2 fully saturated rings. The first-order valence-electron chi connectivity index (χ1n) is 12.2. The predicted molar refractivity (Wildman–Crippen MR) is 134 cm³/mol. The van der Waals surface area contributed by atoms with Crippen LogP contribution in [0, 0.1) is 22.7 Å². The van der Waals surface area contributed by atoms with Gasteiger partial charge in [-0.15, -0.1) is 0 Å². The molecule has 0 aliphatic heterocycles. The van der Waals surface area contributed by atoms with Gasteiger partial charge < -0.3 is 13.9 Å². The quantitative estimate of drug-likeness (QED) is 0.220. The minimum atomic E-state index is -0.370. The third-order valence-electron chi connectivity index (χ3n) is 8.53. The zero-order valence-corrected chi connectivity index (χ0v) is 21.0. The standard InChI is InChI=1S/C29H36O5/c1-7-18(2)27(31)34-25-14-15-29(6)22(19(3)8-12-24(29)28(25,4)5)17-32-21-11-9-20-10-13-26(30)33-23(20)16-21/h7,9-11,13,16,22,24-25H,3,8,12,14-15,17H2,1-2,4-6H3/b18-7-. The number of carbonyl (C=O) groups excluding carboxylic acids is 1. The third-order valence-corrected chi connectivity index (χ3v) is 8.53. The molecule has 1 heterocycles. The second-order valence-electron chi connectivity index (χ2n) is 10.8. The van der Waals surface area contributed by atoms with Gasteiger partial charge in [0.25, 0.3) is 0 Å². The summed E-state index contributed by atoms with van der Waals surface area (Å²) in [5, 5.41) is 0.865. The first-order chi connectivity index (χ1) is 16.1. The molecule has 2 aliphatic carbocycles. The fraction of sp³-hybridized carbons (Fsp3) is 0.517. The molecule has 0 radical (unpaired) electrons. The normalized spacial score (nSPS) is 28.9. The molecule has 1 aromatic carbocycles. The van der Waals surface area contributed by atoms with E-state index in [4.69, 9.17) is 13.9 Å². The maximum absolute atomic E-state index is 12.5. The molecule has 2 aromatic rings. The Kier molecular flexibility index (Phi) is 6.50. The Hall–Kier alpha value is -2.82. The molecular weight excluding hydrogens is 428 g/mol. The molecule has 34 heavy (non-hydrogen) atoms. The lowest BCUT2D eigenvalue weighted by atomic mass is 9.47. The summed E-state index contributed by atoms with van der Waals surface area (Å²) in [5.74, 6) is 1.04. The number of rotatable bonds is 5. The maximum Gasteiger partial charge on any atom is 0.336 e. The minimum Gasteiger partial charge on any atom is -0.493 e. The highest BCUT2D eigenvalue weighted by atomic mass is 16.5. The fourth-order valence-electron chi connectivity index (χ4n) is 6.32. The third kappa shape index (κ3) is 4.33. The molecule has 0 amide bonds. The van der Waals surface area contributed by atoms with E-state index in [0.29, 0.717) is 29.4 Å². The molecule has 0 saturated heterocycles. The Bertz CT molecular complexity index is 1190. The lowest BCUT2D eigenvalue weighted by Crippen LogP contribution is -2.56. The van der Waals surface area contributed by atoms with Crippen LogP contribution in [0.15, 0.2) is 63.3 Å². The maximum atomic E-state index is 12.5. The van der Waals surface area contributed by atoms with Gasteiger partial charge in [-0.05, 0) is 69.1 Å². The Morgan fingerprint density at radius 2 is 1.94 bits per heavy atom. The summed E-state index contributed by atoms with van der Waals surface area (Å²) in [6, 6.07) is 8.78. The molecule has 0 bridgehead atoms. The number of allylic oxidation sites excluding steroid dienone is 1. The summed E-state index contributed by atoms with van der Waals surface area (Å²) < 4.78 is 17.6. The van der Waals surface area contributed by atoms with E-state index in [2.05, 4.69) is 27.4 Å². The van der Waals surface area contributed by atoms with Crippen molar-refractivity contribution in [1.29, 1.82) is 0 Å². The molecular formula is C29H36O5. The van der Waals surface area contributed by atoms with Gasteiger partial charge in [-0.3, -0.25) is 0 Å². The summed E-state index contributed by atoms with van der Waals surface area (Å²) in [6.45, 7) is 15.5. The number of hydrogen-bond donors (Lipinski definition) is 0. The van der Waals surface area contributed by atoms with Gasteiger partial charge in [0, 0.05) is 34.4 Å². The molecule has 1 aromatic heterocycles. The Morgan fingerprint density at radius 3 is 2.68 bits per heavy atom. The van der Waals surface area contributed by atoms with E-state index < -0.39 is 0 Å². The van der Waals surface area contributed by atoms with Crippen molar-refractivity contribution >= 4 is 16.9 Å². The van der Waals surface area contributed by atoms with E-state index in [0.717, 1.165) is 31.1 Å². The SMILES string of the molecule is C=C1CCC2C(C)(C)C(OC(=O)/C(C)=C\C)CCC2(C)C1COc1ccc2ccc(=O)oc2c1. The van der Waals surface area contributed by atoms with Gasteiger partial charge >= 0.3 is 11.6 Å². The average Bonchev–Trinajstić information content (AvgIpc) is 2.79. The van der Waals surface area contributed by atoms with E-state index in [1.165, 1.54) is 11.6 Å². The van der Waals surface area contributed by atoms with Gasteiger partial charge in [0.2, 0.25) is 0 Å². The highest BCUT2D eigenvalue weighted by Gasteiger charge is 2.57. The first kappa shape index (κ1) is 24.3. The van der Waals surface area contributed by atoms with Crippen molar-refractivity contribution < 1.29 is 18.7 Å². The highest BCUT2D eigenvalue weighted by Crippen LogP contribution is 2.61. The van der Waals surface area contributed by atoms with Gasteiger partial charge in [0.15, 0.2) is 0 Å². The van der Waals surface area contributed by atoms with Crippen molar-refractivity contribution in [1.82, 2.24) is 0 Å². The number of ether oxygens (including phenoxy) is 2. The van der Waals surface area contributed by atoms with E-state index in [1.54, 1.807) is 25.1 Å². The molecule has 0 spiro atoms. The van der Waals surface area contributed by atoms with Crippen molar-refractivity contribution in [3.05, 3.63) is 64.6 Å². The number of carbonyl (C=O) groups is 1. The highest BCUT2D eigenvalue weighted by molar-refractivity contribution is 5.87. The van der Waals surface area contributed by atoms with Crippen LogP contribution in [0.5, 0.6) is 5.75 Å². The Balaban J connectivity index is 1.54. The van der Waals surface area contributed by atoms with Crippen LogP contribution in [0.1, 0.15) is 60.3 Å². The molecule has 0 N–H and O–H groups in total. The second-order valence-corrected chi connectivity index (χ2v) is 10.8. The van der Waals surface area contributed by atoms with Crippen molar-refractivity contribution in [2.24, 2.45) is 22.7 Å². The van der Waals surface area contributed by atoms with Crippen molar-refractivity contribution in [2.45, 2.75) is 66.4 Å². The van der Waals surface area contributed by atoms with Crippen LogP contribution < -0.4 is 10.4 Å². The van der Waals surface area contributed by atoms with Crippen LogP contribution in [0.2, 0.25) is 0 Å². The van der Waals surface area contributed by atoms with Crippen LogP contribution in [0.25, 0.3) is 11.0 Å². The summed E-state index contributed by atoms with van der Waals surface area (Å²) in [7, 11) is 0. The van der Waals surface area contributed by atoms with Gasteiger partial charge in [0.1, 0.15) is 17.4 Å². The monoisotopic (exact) mass is 464 g/mol. The molecule has 5 heteroatoms. The Morgan fingerprint density at radius 1 is 1.21 bits per heavy atom. The summed E-state index contributed by atoms with van der Waals surface area (Å²) in [6.07, 6.45) is 5.46. The molecule has 4 atom stereocenters. The van der Waals surface area contributed by atoms with E-state index in [-0.39, 0.29) is 34.4 Å². The summed E-state index contributed by atoms with van der Waals surface area (Å²) in [4.78, 5) is 24.1. The molecule has 182 valence electrons. The van der Waals surface area contributed by atoms with Crippen LogP contribution >= 0.6 is 0 Å². The fourth-order valence-corrected chi connectivity index (χ4v) is 6.32. The molecule has 2 aliphatic rings. The largest absolute Gasteiger partial charge is 0.493 e. The first-order valence-corrected chi connectivity index (χ1v) is 12.2. The number of hydrogen-bond acceptors (Lipinski definition) is 5. The average molecular weight is 465 g/mol. The second kappa shape index (κ2) is 9.09. The van der Waals surface area contributed by atoms with E-state index in [1.807, 2.05) is 19.1 Å². The molecule has 2 saturated carbocycles. The van der Waals surface area contributed by atoms with Crippen LogP contribution in [-0.2, 0) is 9.53 Å². The summed E-state index contributed by atoms with van der Waals surface area (Å²) >= 11 is 0. The van der Waals surface area contributed by atoms with Crippen LogP contribution in [0.3, 0.4) is 0 Å². The predicted octanol–water partition coefficient (Wildman–Crippen LogP) is 6.46. The summed E-state index contributed by atoms with van der Waals surface area (Å²) in [5.41, 5.74) is 1.88. The molecule has 4 unspecified atom stereocenters. The van der Waals surface area contributed by atoms with Gasteiger partial charge in [0.05, 0.1) is 6.61 Å². The van der Waals surface area contributed by atoms with Crippen molar-refractivity contribution in [2.75, 3.05) is 6.61 Å². The Labute approximate surface area is 201 Å². The number of fused-ring (bicyclic) bond motifs is 2. The van der Waals surface area contributed by atoms with Gasteiger partial charge in [-0.2, -0.15) is 0 Å². The smallest absolute Gasteiger partial charge is 0.336 e. The zero-order chi connectivity index (χ0) is 24.7. The number of benzene rings is 1. The minimum absolute atomic E-state index is 0.000786. The topological polar surface area (TPSA) is 65.7 Å². The van der Waals surface area contributed by atoms with Gasteiger partial charge in [-0.25, -0.2) is 9.59 Å². The lowest BCUT2D eigenvalue weighted by Gasteiger charge is -2.59. The molecule has 5 nitrogen and oxygen atoms in total. The van der Waals surface area contributed by atoms with E-state index >= 15 is 0 Å². The molecule has 4 rings (SSSR count). The lowest BCUT2D eigenvalue weighted by molar-refractivity contribution is -0.173. The van der Waals surface area contributed by atoms with Crippen LogP contribution in [-0.4, -0.2) is 18.7 Å². The van der Waals surface area contributed by atoms with Crippen molar-refractivity contribution in [3.63, 3.8) is 0 Å². The van der Waals surface area contributed by atoms with Gasteiger partial charge in [-0.1, -0.05) is 39.0 Å². The van der Waals surface area contributed by atoms with Crippen LogP contribution in [0.4, 0.5) is 0 Å². The van der Waals surface area contributed by atoms with Crippen molar-refractivity contribution in [3.8, 4) is 5.75 Å². The number of esters is 1. The van der Waals surface area contributed by atoms with E-state index in [9.17, 15) is 9.59 Å². The zero-order valence-electron chi connectivity index (χ0n) is 21.0.